The third kappa shape index (κ3) is 3.49. The van der Waals surface area contributed by atoms with Gasteiger partial charge in [0.2, 0.25) is 11.6 Å². The minimum atomic E-state index is -3.61. The molecule has 0 aliphatic carbocycles. The third-order valence-electron chi connectivity index (χ3n) is 3.19. The van der Waals surface area contributed by atoms with Gasteiger partial charge in [-0.15, -0.1) is 0 Å². The Balaban J connectivity index is 2.96. The molecule has 0 saturated heterocycles. The van der Waals surface area contributed by atoms with Gasteiger partial charge in [0, 0.05) is 0 Å². The van der Waals surface area contributed by atoms with Crippen LogP contribution in [-0.4, -0.2) is 6.61 Å². The molecule has 0 atom stereocenters. The molecule has 150 valence electrons. The Morgan fingerprint density at radius 2 is 0.857 bits per heavy atom. The zero-order valence-electron chi connectivity index (χ0n) is 13.3. The highest BCUT2D eigenvalue weighted by Crippen LogP contribution is 2.39. The van der Waals surface area contributed by atoms with E-state index in [0.29, 0.717) is 0 Å². The van der Waals surface area contributed by atoms with Crippen molar-refractivity contribution in [1.29, 1.82) is 0 Å². The summed E-state index contributed by atoms with van der Waals surface area (Å²) in [4.78, 5) is 0. The van der Waals surface area contributed by atoms with Crippen LogP contribution in [0.2, 0.25) is 0 Å². The minimum Gasteiger partial charge on any atom is -0.447 e. The Bertz CT molecular complexity index is 884. The van der Waals surface area contributed by atoms with Crippen molar-refractivity contribution in [3.63, 3.8) is 0 Å². The molecule has 0 amide bonds. The molecule has 0 aliphatic rings. The molecule has 0 fully saturated rings. The molecule has 0 unspecified atom stereocenters. The van der Waals surface area contributed by atoms with Crippen molar-refractivity contribution in [3.05, 3.63) is 58.2 Å². The van der Waals surface area contributed by atoms with Crippen LogP contribution in [0.15, 0.2) is 0 Å². The highest BCUT2D eigenvalue weighted by molar-refractivity contribution is 7.77. The average molecular weight is 434 g/mol. The van der Waals surface area contributed by atoms with Crippen molar-refractivity contribution < 1.29 is 48.6 Å². The molecular weight excluding hydrogens is 429 g/mol. The normalized spacial score (nSPS) is 10.9. The summed E-state index contributed by atoms with van der Waals surface area (Å²) in [5.41, 5.74) is 1.69. The maximum absolute atomic E-state index is 14.1. The Labute approximate surface area is 151 Å². The van der Waals surface area contributed by atoms with Gasteiger partial charge in [0.25, 0.3) is 0 Å². The molecule has 0 radical (unpaired) electrons. The lowest BCUT2D eigenvalue weighted by Crippen LogP contribution is -2.28. The van der Waals surface area contributed by atoms with Crippen molar-refractivity contribution in [2.75, 3.05) is 6.61 Å². The number of benzene rings is 2. The lowest BCUT2D eigenvalue weighted by molar-refractivity contribution is 0.299. The van der Waals surface area contributed by atoms with Crippen LogP contribution in [-0.2, 0) is 4.74 Å². The zero-order valence-corrected chi connectivity index (χ0v) is 14.2. The molecule has 28 heavy (non-hydrogen) atoms. The second-order valence-electron chi connectivity index (χ2n) is 4.82. The van der Waals surface area contributed by atoms with Crippen LogP contribution in [0.4, 0.5) is 43.9 Å². The molecule has 2 rings (SSSR count). The van der Waals surface area contributed by atoms with Gasteiger partial charge in [0.05, 0.1) is 25.1 Å². The monoisotopic (exact) mass is 434 g/mol. The summed E-state index contributed by atoms with van der Waals surface area (Å²) >= 11 is 0. The molecule has 0 spiro atoms. The van der Waals surface area contributed by atoms with Crippen molar-refractivity contribution >= 4 is 18.5 Å². The quantitative estimate of drug-likeness (QED) is 0.228. The summed E-state index contributed by atoms with van der Waals surface area (Å²) < 4.78 is 141. The molecule has 0 aromatic heterocycles. The maximum atomic E-state index is 14.1. The van der Waals surface area contributed by atoms with Crippen LogP contribution >= 0.6 is 7.92 Å². The highest BCUT2D eigenvalue weighted by atomic mass is 31.1. The number of hydrogen-bond donors (Lipinski definition) is 0. The van der Waals surface area contributed by atoms with Crippen LogP contribution in [0.1, 0.15) is 6.92 Å². The fraction of sp³-hybridized carbons (Fsp3) is 0.125. The summed E-state index contributed by atoms with van der Waals surface area (Å²) in [6.07, 6.45) is 1.68. The summed E-state index contributed by atoms with van der Waals surface area (Å²) in [5.74, 6) is -25.2. The Kier molecular flexibility index (Phi) is 6.44. The molecular formula is C16H5F10OP. The van der Waals surface area contributed by atoms with E-state index in [4.69, 9.17) is 0 Å². The molecule has 12 heteroatoms. The fourth-order valence-electron chi connectivity index (χ4n) is 1.95. The molecule has 0 N–H and O–H groups in total. The van der Waals surface area contributed by atoms with Gasteiger partial charge in [0.1, 0.15) is 6.11 Å². The number of halogens is 10. The maximum Gasteiger partial charge on any atom is 0.200 e. The number of hydrogen-bond acceptors (Lipinski definition) is 1. The number of rotatable bonds is 3. The van der Waals surface area contributed by atoms with E-state index in [0.717, 1.165) is 0 Å². The van der Waals surface area contributed by atoms with Crippen LogP contribution in [0, 0.1) is 69.9 Å². The first-order valence-electron chi connectivity index (χ1n) is 7.01. The first kappa shape index (κ1) is 21.8. The van der Waals surface area contributed by atoms with Crippen LogP contribution in [0.5, 0.6) is 0 Å². The van der Waals surface area contributed by atoms with Gasteiger partial charge in [-0.2, -0.15) is 0 Å². The van der Waals surface area contributed by atoms with Gasteiger partial charge in [-0.1, -0.05) is 0 Å². The van der Waals surface area contributed by atoms with Gasteiger partial charge >= 0.3 is 0 Å². The summed E-state index contributed by atoms with van der Waals surface area (Å²) in [7, 11) is -3.61. The van der Waals surface area contributed by atoms with E-state index in [1.54, 1.807) is 11.8 Å². The first-order chi connectivity index (χ1) is 13.1. The standard InChI is InChI=1S/C16H5F10OP/c1-2-27-3-4-28(15-11(23)7(19)5(17)8(20)12(15)24)16-13(25)9(21)6(18)10(22)14(16)26/h2H2,1H3. The third-order valence-corrected chi connectivity index (χ3v) is 5.19. The Hall–Kier alpha value is -2.47. The first-order valence-corrected chi connectivity index (χ1v) is 8.35. The molecule has 2 aromatic rings. The van der Waals surface area contributed by atoms with Gasteiger partial charge in [-0.05, 0) is 12.6 Å². The van der Waals surface area contributed by atoms with E-state index in [-0.39, 0.29) is 6.61 Å². The van der Waals surface area contributed by atoms with E-state index in [1.165, 1.54) is 6.92 Å². The van der Waals surface area contributed by atoms with Crippen LogP contribution in [0.25, 0.3) is 0 Å². The average Bonchev–Trinajstić information content (AvgIpc) is 2.67. The summed E-state index contributed by atoms with van der Waals surface area (Å²) in [6, 6.07) is 0. The lowest BCUT2D eigenvalue weighted by Gasteiger charge is -2.17. The van der Waals surface area contributed by atoms with Gasteiger partial charge in [0.15, 0.2) is 46.5 Å². The second-order valence-corrected chi connectivity index (χ2v) is 6.61. The zero-order chi connectivity index (χ0) is 21.3. The van der Waals surface area contributed by atoms with Crippen molar-refractivity contribution in [2.45, 2.75) is 6.92 Å². The minimum absolute atomic E-state index is 0.176. The van der Waals surface area contributed by atoms with E-state index >= 15 is 0 Å². The fourth-order valence-corrected chi connectivity index (χ4v) is 3.73. The van der Waals surface area contributed by atoms with Crippen molar-refractivity contribution in [2.24, 2.45) is 0 Å². The van der Waals surface area contributed by atoms with Crippen molar-refractivity contribution in [1.82, 2.24) is 0 Å². The SMILES string of the molecule is CCOC#CP(c1c(F)c(F)c(F)c(F)c1F)c1c(F)c(F)c(F)c(F)c1F. The summed E-state index contributed by atoms with van der Waals surface area (Å²) in [6.45, 7) is 1.18. The largest absolute Gasteiger partial charge is 0.447 e. The predicted octanol–water partition coefficient (Wildman–Crippen LogP) is 4.47. The highest BCUT2D eigenvalue weighted by Gasteiger charge is 2.37. The van der Waals surface area contributed by atoms with E-state index in [2.05, 4.69) is 4.74 Å². The van der Waals surface area contributed by atoms with Crippen LogP contribution < -0.4 is 10.6 Å². The van der Waals surface area contributed by atoms with Gasteiger partial charge < -0.3 is 4.74 Å². The lowest BCUT2D eigenvalue weighted by atomic mass is 10.3. The molecule has 0 saturated carbocycles. The molecule has 0 bridgehead atoms. The molecule has 1 nitrogen and oxygen atoms in total. The van der Waals surface area contributed by atoms with Crippen molar-refractivity contribution in [3.8, 4) is 11.8 Å². The van der Waals surface area contributed by atoms with Crippen LogP contribution in [0.3, 0.4) is 0 Å². The van der Waals surface area contributed by atoms with E-state index < -0.39 is 76.7 Å². The summed E-state index contributed by atoms with van der Waals surface area (Å²) in [5, 5.41) is -3.69. The van der Waals surface area contributed by atoms with Gasteiger partial charge in [-0.3, -0.25) is 0 Å². The Morgan fingerprint density at radius 3 is 1.14 bits per heavy atom. The van der Waals surface area contributed by atoms with Gasteiger partial charge in [-0.25, -0.2) is 43.9 Å². The Morgan fingerprint density at radius 1 is 0.571 bits per heavy atom. The van der Waals surface area contributed by atoms with E-state index in [9.17, 15) is 43.9 Å². The predicted molar refractivity (Wildman–Crippen MR) is 78.1 cm³/mol. The smallest absolute Gasteiger partial charge is 0.200 e. The van der Waals surface area contributed by atoms with E-state index in [1.807, 2.05) is 0 Å². The molecule has 0 aliphatic heterocycles. The molecule has 2 aromatic carbocycles. The second kappa shape index (κ2) is 8.27. The number of ether oxygens (including phenoxy) is 1. The topological polar surface area (TPSA) is 9.23 Å². The molecule has 0 heterocycles.